The summed E-state index contributed by atoms with van der Waals surface area (Å²) in [6.07, 6.45) is 2.68. The summed E-state index contributed by atoms with van der Waals surface area (Å²) < 4.78 is 0.938. The van der Waals surface area contributed by atoms with Crippen LogP contribution in [-0.4, -0.2) is 21.5 Å². The molecule has 0 saturated carbocycles. The van der Waals surface area contributed by atoms with Crippen LogP contribution in [0.5, 0.6) is 0 Å². The molecule has 1 N–H and O–H groups in total. The van der Waals surface area contributed by atoms with Crippen LogP contribution >= 0.6 is 15.9 Å². The van der Waals surface area contributed by atoms with E-state index in [1.165, 1.54) is 0 Å². The fourth-order valence-electron chi connectivity index (χ4n) is 1.73. The van der Waals surface area contributed by atoms with Crippen LogP contribution in [0.15, 0.2) is 22.8 Å². The number of aromatic nitrogens is 3. The lowest BCUT2D eigenvalue weighted by molar-refractivity contribution is 0.977. The Kier molecular flexibility index (Phi) is 4.47. The third kappa shape index (κ3) is 3.10. The molecule has 0 radical (unpaired) electrons. The zero-order chi connectivity index (χ0) is 13.8. The van der Waals surface area contributed by atoms with Gasteiger partial charge in [0.2, 0.25) is 0 Å². The largest absolute Gasteiger partial charge is 0.369 e. The Morgan fingerprint density at radius 3 is 2.58 bits per heavy atom. The minimum Gasteiger partial charge on any atom is -0.369 e. The molecule has 2 heterocycles. The van der Waals surface area contributed by atoms with E-state index in [0.29, 0.717) is 5.82 Å². The van der Waals surface area contributed by atoms with Gasteiger partial charge in [-0.05, 0) is 47.8 Å². The molecule has 0 aliphatic rings. The van der Waals surface area contributed by atoms with Crippen molar-refractivity contribution in [3.8, 4) is 11.5 Å². The first-order valence-electron chi connectivity index (χ1n) is 6.39. The van der Waals surface area contributed by atoms with Crippen LogP contribution in [0, 0.1) is 6.92 Å². The molecule has 100 valence electrons. The molecular weight excluding hydrogens is 304 g/mol. The smallest absolute Gasteiger partial charge is 0.180 e. The average Bonchev–Trinajstić information content (AvgIpc) is 2.42. The van der Waals surface area contributed by atoms with Crippen LogP contribution in [0.1, 0.15) is 25.1 Å². The highest BCUT2D eigenvalue weighted by molar-refractivity contribution is 9.10. The van der Waals surface area contributed by atoms with Crippen molar-refractivity contribution in [2.45, 2.75) is 27.2 Å². The summed E-state index contributed by atoms with van der Waals surface area (Å²) in [4.78, 5) is 13.5. The Hall–Kier alpha value is -1.49. The van der Waals surface area contributed by atoms with Crippen molar-refractivity contribution < 1.29 is 0 Å². The number of aryl methyl sites for hydroxylation is 2. The zero-order valence-electron chi connectivity index (χ0n) is 11.4. The molecule has 5 heteroatoms. The predicted molar refractivity (Wildman–Crippen MR) is 81.2 cm³/mol. The Labute approximate surface area is 121 Å². The second kappa shape index (κ2) is 6.10. The fourth-order valence-corrected chi connectivity index (χ4v) is 2.32. The molecular formula is C14H17BrN4. The SMILES string of the molecule is CCNc1nc(-c2ccc(C)cn2)nc(CC)c1Br. The first kappa shape index (κ1) is 13.9. The van der Waals surface area contributed by atoms with Gasteiger partial charge >= 0.3 is 0 Å². The van der Waals surface area contributed by atoms with Gasteiger partial charge in [-0.15, -0.1) is 0 Å². The molecule has 0 fully saturated rings. The average molecular weight is 321 g/mol. The monoisotopic (exact) mass is 320 g/mol. The van der Waals surface area contributed by atoms with E-state index in [-0.39, 0.29) is 0 Å². The molecule has 2 rings (SSSR count). The summed E-state index contributed by atoms with van der Waals surface area (Å²) >= 11 is 3.55. The van der Waals surface area contributed by atoms with Gasteiger partial charge in [-0.2, -0.15) is 0 Å². The highest BCUT2D eigenvalue weighted by Gasteiger charge is 2.12. The van der Waals surface area contributed by atoms with Crippen LogP contribution < -0.4 is 5.32 Å². The molecule has 0 amide bonds. The second-order valence-electron chi connectivity index (χ2n) is 4.26. The zero-order valence-corrected chi connectivity index (χ0v) is 13.0. The number of anilines is 1. The molecule has 0 unspecified atom stereocenters. The van der Waals surface area contributed by atoms with E-state index in [1.807, 2.05) is 32.2 Å². The third-order valence-corrected chi connectivity index (χ3v) is 3.57. The van der Waals surface area contributed by atoms with Crippen LogP contribution in [0.25, 0.3) is 11.5 Å². The lowest BCUT2D eigenvalue weighted by Gasteiger charge is -2.11. The number of hydrogen-bond acceptors (Lipinski definition) is 4. The van der Waals surface area contributed by atoms with Gasteiger partial charge in [-0.25, -0.2) is 9.97 Å². The van der Waals surface area contributed by atoms with Crippen molar-refractivity contribution in [1.82, 2.24) is 15.0 Å². The minimum absolute atomic E-state index is 0.663. The Balaban J connectivity index is 2.51. The van der Waals surface area contributed by atoms with Gasteiger partial charge in [-0.1, -0.05) is 13.0 Å². The molecule has 0 spiro atoms. The number of nitrogens with one attached hydrogen (secondary N) is 1. The Morgan fingerprint density at radius 1 is 1.21 bits per heavy atom. The molecule has 0 atom stereocenters. The second-order valence-corrected chi connectivity index (χ2v) is 5.05. The quantitative estimate of drug-likeness (QED) is 0.935. The maximum atomic E-state index is 4.57. The maximum absolute atomic E-state index is 4.57. The van der Waals surface area contributed by atoms with Crippen molar-refractivity contribution in [2.24, 2.45) is 0 Å². The minimum atomic E-state index is 0.663. The summed E-state index contributed by atoms with van der Waals surface area (Å²) in [5.74, 6) is 1.49. The van der Waals surface area contributed by atoms with Gasteiger partial charge in [-0.3, -0.25) is 4.98 Å². The topological polar surface area (TPSA) is 50.7 Å². The lowest BCUT2D eigenvalue weighted by Crippen LogP contribution is -2.06. The molecule has 0 aromatic carbocycles. The van der Waals surface area contributed by atoms with E-state index in [4.69, 9.17) is 0 Å². The van der Waals surface area contributed by atoms with Gasteiger partial charge in [0.05, 0.1) is 10.2 Å². The summed E-state index contributed by atoms with van der Waals surface area (Å²) in [5.41, 5.74) is 2.92. The van der Waals surface area contributed by atoms with E-state index in [0.717, 1.165) is 40.2 Å². The van der Waals surface area contributed by atoms with Crippen molar-refractivity contribution in [3.05, 3.63) is 34.1 Å². The van der Waals surface area contributed by atoms with E-state index >= 15 is 0 Å². The summed E-state index contributed by atoms with van der Waals surface area (Å²) in [5, 5.41) is 3.25. The first-order valence-corrected chi connectivity index (χ1v) is 7.18. The summed E-state index contributed by atoms with van der Waals surface area (Å²) in [7, 11) is 0. The number of pyridine rings is 1. The molecule has 4 nitrogen and oxygen atoms in total. The van der Waals surface area contributed by atoms with Crippen LogP contribution in [0.3, 0.4) is 0 Å². The van der Waals surface area contributed by atoms with Gasteiger partial charge in [0.25, 0.3) is 0 Å². The lowest BCUT2D eigenvalue weighted by atomic mass is 10.2. The number of halogens is 1. The van der Waals surface area contributed by atoms with Crippen LogP contribution in [-0.2, 0) is 6.42 Å². The molecule has 19 heavy (non-hydrogen) atoms. The molecule has 0 saturated heterocycles. The van der Waals surface area contributed by atoms with Crippen LogP contribution in [0.4, 0.5) is 5.82 Å². The summed E-state index contributed by atoms with van der Waals surface area (Å²) in [6.45, 7) is 6.96. The normalized spacial score (nSPS) is 10.5. The van der Waals surface area contributed by atoms with Gasteiger partial charge < -0.3 is 5.32 Å². The molecule has 2 aromatic heterocycles. The Morgan fingerprint density at radius 2 is 2.00 bits per heavy atom. The van der Waals surface area contributed by atoms with E-state index in [2.05, 4.69) is 43.1 Å². The third-order valence-electron chi connectivity index (χ3n) is 2.74. The van der Waals surface area contributed by atoms with Crippen molar-refractivity contribution in [1.29, 1.82) is 0 Å². The van der Waals surface area contributed by atoms with E-state index < -0.39 is 0 Å². The highest BCUT2D eigenvalue weighted by Crippen LogP contribution is 2.26. The van der Waals surface area contributed by atoms with Crippen molar-refractivity contribution in [2.75, 3.05) is 11.9 Å². The van der Waals surface area contributed by atoms with Crippen molar-refractivity contribution in [3.63, 3.8) is 0 Å². The number of rotatable bonds is 4. The molecule has 2 aromatic rings. The van der Waals surface area contributed by atoms with Gasteiger partial charge in [0.1, 0.15) is 11.5 Å². The molecule has 0 aliphatic heterocycles. The molecule has 0 bridgehead atoms. The molecule has 0 aliphatic carbocycles. The highest BCUT2D eigenvalue weighted by atomic mass is 79.9. The van der Waals surface area contributed by atoms with Crippen molar-refractivity contribution >= 4 is 21.7 Å². The van der Waals surface area contributed by atoms with Gasteiger partial charge in [0.15, 0.2) is 5.82 Å². The van der Waals surface area contributed by atoms with E-state index in [1.54, 1.807) is 0 Å². The number of hydrogen-bond donors (Lipinski definition) is 1. The van der Waals surface area contributed by atoms with E-state index in [9.17, 15) is 0 Å². The Bertz CT molecular complexity index is 566. The van der Waals surface area contributed by atoms with Gasteiger partial charge in [0, 0.05) is 12.7 Å². The standard InChI is InChI=1S/C14H17BrN4/c1-4-10-12(15)14(16-5-2)19-13(18-10)11-7-6-9(3)8-17-11/h6-8H,4-5H2,1-3H3,(H,16,18,19). The summed E-state index contributed by atoms with van der Waals surface area (Å²) in [6, 6.07) is 3.97. The first-order chi connectivity index (χ1) is 9.15. The van der Waals surface area contributed by atoms with Crippen LogP contribution in [0.2, 0.25) is 0 Å². The fraction of sp³-hybridized carbons (Fsp3) is 0.357. The maximum Gasteiger partial charge on any atom is 0.180 e. The predicted octanol–water partition coefficient (Wildman–Crippen LogP) is 3.60. The number of nitrogens with zero attached hydrogens (tertiary/aromatic N) is 3.